The lowest BCUT2D eigenvalue weighted by Gasteiger charge is -2.34. The molecular weight excluding hydrogens is 400 g/mol. The molecule has 6 nitrogen and oxygen atoms in total. The molecular formula is C19H27BrN2O4. The number of benzene rings is 1. The number of ether oxygens (including phenoxy) is 2. The highest BCUT2D eigenvalue weighted by Crippen LogP contribution is 2.26. The molecule has 1 aromatic rings. The molecule has 1 heterocycles. The molecule has 26 heavy (non-hydrogen) atoms. The van der Waals surface area contributed by atoms with Gasteiger partial charge in [-0.3, -0.25) is 4.79 Å². The van der Waals surface area contributed by atoms with Crippen LogP contribution in [-0.2, 0) is 16.0 Å². The van der Waals surface area contributed by atoms with Crippen molar-refractivity contribution in [1.29, 1.82) is 0 Å². The third-order valence-corrected chi connectivity index (χ3v) is 4.89. The number of hydrogen-bond donors (Lipinski definition) is 0. The summed E-state index contributed by atoms with van der Waals surface area (Å²) in [6.45, 7) is 6.60. The predicted molar refractivity (Wildman–Crippen MR) is 103 cm³/mol. The van der Waals surface area contributed by atoms with Crippen LogP contribution in [0.5, 0.6) is 5.75 Å². The molecule has 2 rings (SSSR count). The van der Waals surface area contributed by atoms with Crippen LogP contribution in [0.25, 0.3) is 0 Å². The second kappa shape index (κ2) is 9.80. The van der Waals surface area contributed by atoms with Gasteiger partial charge in [0.05, 0.1) is 18.2 Å². The van der Waals surface area contributed by atoms with E-state index in [0.29, 0.717) is 51.5 Å². The number of aryl methyl sites for hydroxylation is 1. The molecule has 0 radical (unpaired) electrons. The summed E-state index contributed by atoms with van der Waals surface area (Å²) in [7, 11) is 1.63. The lowest BCUT2D eigenvalue weighted by molar-refractivity contribution is -0.132. The largest absolute Gasteiger partial charge is 0.496 e. The van der Waals surface area contributed by atoms with Gasteiger partial charge in [0.25, 0.3) is 0 Å². The van der Waals surface area contributed by atoms with Crippen LogP contribution in [0.15, 0.2) is 22.7 Å². The van der Waals surface area contributed by atoms with Crippen LogP contribution < -0.4 is 4.74 Å². The van der Waals surface area contributed by atoms with E-state index in [1.165, 1.54) is 0 Å². The Morgan fingerprint density at radius 3 is 2.38 bits per heavy atom. The lowest BCUT2D eigenvalue weighted by atomic mass is 10.1. The summed E-state index contributed by atoms with van der Waals surface area (Å²) in [5, 5.41) is 0. The average Bonchev–Trinajstić information content (AvgIpc) is 2.64. The van der Waals surface area contributed by atoms with Crippen molar-refractivity contribution in [2.45, 2.75) is 26.7 Å². The SMILES string of the molecule is COc1ccc(CCC(=O)N2CCN(C(=O)OCC(C)C)CC2)cc1Br. The first-order valence-electron chi connectivity index (χ1n) is 8.92. The Balaban J connectivity index is 1.76. The average molecular weight is 427 g/mol. The minimum atomic E-state index is -0.283. The molecule has 1 saturated heterocycles. The van der Waals surface area contributed by atoms with Crippen molar-refractivity contribution in [3.8, 4) is 5.75 Å². The zero-order chi connectivity index (χ0) is 19.1. The molecule has 1 aliphatic rings. The number of methoxy groups -OCH3 is 1. The van der Waals surface area contributed by atoms with Crippen molar-refractivity contribution in [2.75, 3.05) is 39.9 Å². The molecule has 0 spiro atoms. The first-order valence-corrected chi connectivity index (χ1v) is 9.72. The second-order valence-electron chi connectivity index (χ2n) is 6.81. The van der Waals surface area contributed by atoms with E-state index in [2.05, 4.69) is 15.9 Å². The van der Waals surface area contributed by atoms with Gasteiger partial charge in [-0.05, 0) is 46.0 Å². The van der Waals surface area contributed by atoms with E-state index in [0.717, 1.165) is 15.8 Å². The van der Waals surface area contributed by atoms with Gasteiger partial charge in [0.15, 0.2) is 0 Å². The molecule has 0 unspecified atom stereocenters. The minimum Gasteiger partial charge on any atom is -0.496 e. The van der Waals surface area contributed by atoms with E-state index in [4.69, 9.17) is 9.47 Å². The van der Waals surface area contributed by atoms with Gasteiger partial charge in [0.1, 0.15) is 5.75 Å². The molecule has 0 aliphatic carbocycles. The zero-order valence-corrected chi connectivity index (χ0v) is 17.3. The maximum atomic E-state index is 12.4. The van der Waals surface area contributed by atoms with Crippen LogP contribution in [0.4, 0.5) is 4.79 Å². The van der Waals surface area contributed by atoms with Gasteiger partial charge in [-0.25, -0.2) is 4.79 Å². The highest BCUT2D eigenvalue weighted by Gasteiger charge is 2.24. The maximum absolute atomic E-state index is 12.4. The smallest absolute Gasteiger partial charge is 0.409 e. The van der Waals surface area contributed by atoms with Gasteiger partial charge < -0.3 is 19.3 Å². The van der Waals surface area contributed by atoms with E-state index in [1.807, 2.05) is 36.9 Å². The Hall–Kier alpha value is -1.76. The number of carbonyl (C=O) groups excluding carboxylic acids is 2. The fourth-order valence-corrected chi connectivity index (χ4v) is 3.33. The summed E-state index contributed by atoms with van der Waals surface area (Å²) in [5.74, 6) is 1.22. The molecule has 2 amide bonds. The molecule has 7 heteroatoms. The molecule has 0 N–H and O–H groups in total. The van der Waals surface area contributed by atoms with Gasteiger partial charge >= 0.3 is 6.09 Å². The number of hydrogen-bond acceptors (Lipinski definition) is 4. The van der Waals surface area contributed by atoms with E-state index >= 15 is 0 Å². The normalized spacial score (nSPS) is 14.5. The third kappa shape index (κ3) is 5.90. The standard InChI is InChI=1S/C19H27BrN2O4/c1-14(2)13-26-19(24)22-10-8-21(9-11-22)18(23)7-5-15-4-6-17(25-3)16(20)12-15/h4,6,12,14H,5,7-11,13H2,1-3H3. The van der Waals surface area contributed by atoms with Crippen molar-refractivity contribution < 1.29 is 19.1 Å². The highest BCUT2D eigenvalue weighted by molar-refractivity contribution is 9.10. The van der Waals surface area contributed by atoms with E-state index < -0.39 is 0 Å². The molecule has 1 aliphatic heterocycles. The number of nitrogens with zero attached hydrogens (tertiary/aromatic N) is 2. The third-order valence-electron chi connectivity index (χ3n) is 4.27. The first kappa shape index (κ1) is 20.6. The molecule has 0 atom stereocenters. The van der Waals surface area contributed by atoms with Crippen LogP contribution in [0.3, 0.4) is 0 Å². The molecule has 1 aromatic carbocycles. The summed E-state index contributed by atoms with van der Waals surface area (Å²) in [5.41, 5.74) is 1.09. The summed E-state index contributed by atoms with van der Waals surface area (Å²) < 4.78 is 11.3. The lowest BCUT2D eigenvalue weighted by Crippen LogP contribution is -2.50. The Labute approximate surface area is 163 Å². The molecule has 0 saturated carbocycles. The van der Waals surface area contributed by atoms with Gasteiger partial charge in [-0.2, -0.15) is 0 Å². The van der Waals surface area contributed by atoms with E-state index in [1.54, 1.807) is 12.0 Å². The zero-order valence-electron chi connectivity index (χ0n) is 15.7. The quantitative estimate of drug-likeness (QED) is 0.699. The number of carbonyl (C=O) groups is 2. The number of rotatable bonds is 6. The maximum Gasteiger partial charge on any atom is 0.409 e. The highest BCUT2D eigenvalue weighted by atomic mass is 79.9. The Kier molecular flexibility index (Phi) is 7.75. The Morgan fingerprint density at radius 2 is 1.81 bits per heavy atom. The van der Waals surface area contributed by atoms with Crippen LogP contribution in [0.2, 0.25) is 0 Å². The predicted octanol–water partition coefficient (Wildman–Crippen LogP) is 3.33. The summed E-state index contributed by atoms with van der Waals surface area (Å²) in [4.78, 5) is 27.9. The van der Waals surface area contributed by atoms with Crippen molar-refractivity contribution in [3.63, 3.8) is 0 Å². The molecule has 0 aromatic heterocycles. The monoisotopic (exact) mass is 426 g/mol. The van der Waals surface area contributed by atoms with Crippen molar-refractivity contribution in [3.05, 3.63) is 28.2 Å². The Morgan fingerprint density at radius 1 is 1.15 bits per heavy atom. The number of amides is 2. The van der Waals surface area contributed by atoms with Crippen LogP contribution >= 0.6 is 15.9 Å². The van der Waals surface area contributed by atoms with Gasteiger partial charge in [-0.1, -0.05) is 19.9 Å². The number of halogens is 1. The first-order chi connectivity index (χ1) is 12.4. The molecule has 144 valence electrons. The number of piperazine rings is 1. The fraction of sp³-hybridized carbons (Fsp3) is 0.579. The van der Waals surface area contributed by atoms with Crippen molar-refractivity contribution in [1.82, 2.24) is 9.80 Å². The van der Waals surface area contributed by atoms with Gasteiger partial charge in [-0.15, -0.1) is 0 Å². The summed E-state index contributed by atoms with van der Waals surface area (Å²) >= 11 is 3.46. The van der Waals surface area contributed by atoms with Gasteiger partial charge in [0, 0.05) is 32.6 Å². The van der Waals surface area contributed by atoms with E-state index in [-0.39, 0.29) is 12.0 Å². The van der Waals surface area contributed by atoms with Crippen LogP contribution in [0, 0.1) is 5.92 Å². The van der Waals surface area contributed by atoms with E-state index in [9.17, 15) is 9.59 Å². The molecule has 1 fully saturated rings. The van der Waals surface area contributed by atoms with Crippen molar-refractivity contribution >= 4 is 27.9 Å². The summed E-state index contributed by atoms with van der Waals surface area (Å²) in [6.07, 6.45) is 0.850. The summed E-state index contributed by atoms with van der Waals surface area (Å²) in [6, 6.07) is 5.85. The molecule has 0 bridgehead atoms. The Bertz CT molecular complexity index is 628. The fourth-order valence-electron chi connectivity index (χ4n) is 2.74. The van der Waals surface area contributed by atoms with Crippen LogP contribution in [0.1, 0.15) is 25.8 Å². The van der Waals surface area contributed by atoms with Crippen molar-refractivity contribution in [2.24, 2.45) is 5.92 Å². The topological polar surface area (TPSA) is 59.1 Å². The van der Waals surface area contributed by atoms with Gasteiger partial charge in [0.2, 0.25) is 5.91 Å². The second-order valence-corrected chi connectivity index (χ2v) is 7.66. The minimum absolute atomic E-state index is 0.118. The van der Waals surface area contributed by atoms with Crippen LogP contribution in [-0.4, -0.2) is 61.7 Å².